The van der Waals surface area contributed by atoms with Gasteiger partial charge in [0.05, 0.1) is 4.92 Å². The molecule has 7 nitrogen and oxygen atoms in total. The van der Waals surface area contributed by atoms with E-state index in [2.05, 4.69) is 9.97 Å². The maximum absolute atomic E-state index is 14.7. The van der Waals surface area contributed by atoms with Crippen molar-refractivity contribution in [1.82, 2.24) is 14.9 Å². The SMILES string of the molecule is Cc1nc(/C=C(/c2cc(F)ccc2F)N2CCCC2)c([N+](=O)[O-])c(N2CCCCC2)n1. The lowest BCUT2D eigenvalue weighted by molar-refractivity contribution is -0.384. The van der Waals surface area contributed by atoms with E-state index in [9.17, 15) is 18.9 Å². The highest BCUT2D eigenvalue weighted by Gasteiger charge is 2.29. The van der Waals surface area contributed by atoms with Gasteiger partial charge < -0.3 is 9.80 Å². The van der Waals surface area contributed by atoms with Crippen LogP contribution in [0.4, 0.5) is 20.3 Å². The second-order valence-corrected chi connectivity index (χ2v) is 7.98. The maximum atomic E-state index is 14.7. The minimum absolute atomic E-state index is 0.0759. The van der Waals surface area contributed by atoms with Gasteiger partial charge in [0, 0.05) is 37.4 Å². The largest absolute Gasteiger partial charge is 0.371 e. The summed E-state index contributed by atoms with van der Waals surface area (Å²) in [5, 5.41) is 12.1. The van der Waals surface area contributed by atoms with Crippen LogP contribution in [-0.2, 0) is 0 Å². The van der Waals surface area contributed by atoms with Gasteiger partial charge in [-0.1, -0.05) is 0 Å². The van der Waals surface area contributed by atoms with Crippen molar-refractivity contribution in [3.05, 3.63) is 57.0 Å². The van der Waals surface area contributed by atoms with E-state index in [4.69, 9.17) is 0 Å². The lowest BCUT2D eigenvalue weighted by Crippen LogP contribution is -2.31. The summed E-state index contributed by atoms with van der Waals surface area (Å²) in [6.07, 6.45) is 6.32. The molecule has 3 heterocycles. The third-order valence-corrected chi connectivity index (χ3v) is 5.77. The van der Waals surface area contributed by atoms with Crippen LogP contribution in [0.3, 0.4) is 0 Å². The summed E-state index contributed by atoms with van der Waals surface area (Å²) in [4.78, 5) is 24.2. The Morgan fingerprint density at radius 1 is 1.06 bits per heavy atom. The fraction of sp³-hybridized carbons (Fsp3) is 0.455. The van der Waals surface area contributed by atoms with Crippen LogP contribution >= 0.6 is 0 Å². The molecule has 9 heteroatoms. The third kappa shape index (κ3) is 4.50. The van der Waals surface area contributed by atoms with Crippen LogP contribution in [0.2, 0.25) is 0 Å². The maximum Gasteiger partial charge on any atom is 0.337 e. The minimum atomic E-state index is -0.579. The van der Waals surface area contributed by atoms with Crippen molar-refractivity contribution in [2.45, 2.75) is 39.0 Å². The van der Waals surface area contributed by atoms with Gasteiger partial charge >= 0.3 is 5.69 Å². The summed E-state index contributed by atoms with van der Waals surface area (Å²) < 4.78 is 28.6. The topological polar surface area (TPSA) is 75.4 Å². The number of nitro groups is 1. The Hall–Kier alpha value is -3.10. The number of nitrogens with zero attached hydrogens (tertiary/aromatic N) is 5. The molecule has 4 rings (SSSR count). The molecule has 2 aromatic rings. The van der Waals surface area contributed by atoms with E-state index >= 15 is 0 Å². The third-order valence-electron chi connectivity index (χ3n) is 5.77. The quantitative estimate of drug-likeness (QED) is 0.513. The number of hydrogen-bond donors (Lipinski definition) is 0. The second-order valence-electron chi connectivity index (χ2n) is 7.98. The molecule has 0 radical (unpaired) electrons. The average molecular weight is 429 g/mol. The van der Waals surface area contributed by atoms with Gasteiger partial charge in [-0.05, 0) is 63.3 Å². The van der Waals surface area contributed by atoms with Crippen LogP contribution in [0, 0.1) is 28.7 Å². The number of aryl methyl sites for hydroxylation is 1. The summed E-state index contributed by atoms with van der Waals surface area (Å²) >= 11 is 0. The Balaban J connectivity index is 1.89. The molecular weight excluding hydrogens is 404 g/mol. The molecule has 31 heavy (non-hydrogen) atoms. The van der Waals surface area contributed by atoms with Crippen molar-refractivity contribution in [2.24, 2.45) is 0 Å². The smallest absolute Gasteiger partial charge is 0.337 e. The molecule has 0 N–H and O–H groups in total. The first-order valence-corrected chi connectivity index (χ1v) is 10.6. The zero-order valence-corrected chi connectivity index (χ0v) is 17.5. The first-order chi connectivity index (χ1) is 14.9. The van der Waals surface area contributed by atoms with Crippen molar-refractivity contribution in [1.29, 1.82) is 0 Å². The number of anilines is 1. The van der Waals surface area contributed by atoms with Gasteiger partial charge in [-0.25, -0.2) is 18.7 Å². The van der Waals surface area contributed by atoms with Crippen molar-refractivity contribution in [3.63, 3.8) is 0 Å². The number of likely N-dealkylation sites (tertiary alicyclic amines) is 1. The van der Waals surface area contributed by atoms with E-state index in [-0.39, 0.29) is 16.9 Å². The number of piperidine rings is 1. The van der Waals surface area contributed by atoms with E-state index in [0.29, 0.717) is 43.5 Å². The van der Waals surface area contributed by atoms with Gasteiger partial charge in [0.15, 0.2) is 0 Å². The fourth-order valence-corrected chi connectivity index (χ4v) is 4.30. The molecule has 2 fully saturated rings. The highest BCUT2D eigenvalue weighted by atomic mass is 19.1. The molecule has 0 bridgehead atoms. The summed E-state index contributed by atoms with van der Waals surface area (Å²) in [7, 11) is 0. The molecule has 1 aromatic carbocycles. The number of benzene rings is 1. The molecule has 2 aliphatic rings. The van der Waals surface area contributed by atoms with Gasteiger partial charge in [-0.15, -0.1) is 0 Å². The van der Waals surface area contributed by atoms with Gasteiger partial charge in [-0.3, -0.25) is 10.1 Å². The van der Waals surface area contributed by atoms with E-state index < -0.39 is 16.6 Å². The number of rotatable bonds is 5. The van der Waals surface area contributed by atoms with Crippen molar-refractivity contribution in [3.8, 4) is 0 Å². The Labute approximate surface area is 179 Å². The minimum Gasteiger partial charge on any atom is -0.371 e. The Morgan fingerprint density at radius 3 is 2.42 bits per heavy atom. The number of halogens is 2. The van der Waals surface area contributed by atoms with Gasteiger partial charge in [0.1, 0.15) is 23.2 Å². The van der Waals surface area contributed by atoms with Crippen LogP contribution in [0.1, 0.15) is 49.2 Å². The molecular formula is C22H25F2N5O2. The molecule has 0 saturated carbocycles. The monoisotopic (exact) mass is 429 g/mol. The zero-order chi connectivity index (χ0) is 22.0. The Bertz CT molecular complexity index is 1020. The fourth-order valence-electron chi connectivity index (χ4n) is 4.30. The predicted octanol–water partition coefficient (Wildman–Crippen LogP) is 4.56. The second kappa shape index (κ2) is 8.95. The lowest BCUT2D eigenvalue weighted by atomic mass is 10.1. The van der Waals surface area contributed by atoms with Crippen LogP contribution in [0.5, 0.6) is 0 Å². The highest BCUT2D eigenvalue weighted by Crippen LogP contribution is 2.35. The van der Waals surface area contributed by atoms with E-state index in [1.54, 1.807) is 6.92 Å². The van der Waals surface area contributed by atoms with E-state index in [1.165, 1.54) is 6.08 Å². The van der Waals surface area contributed by atoms with Crippen molar-refractivity contribution in [2.75, 3.05) is 31.1 Å². The lowest BCUT2D eigenvalue weighted by Gasteiger charge is -2.28. The molecule has 0 amide bonds. The van der Waals surface area contributed by atoms with Crippen LogP contribution < -0.4 is 4.90 Å². The number of hydrogen-bond acceptors (Lipinski definition) is 6. The average Bonchev–Trinajstić information content (AvgIpc) is 3.28. The molecule has 2 saturated heterocycles. The normalized spacial score (nSPS) is 17.3. The zero-order valence-electron chi connectivity index (χ0n) is 17.5. The number of aromatic nitrogens is 2. The van der Waals surface area contributed by atoms with E-state index in [0.717, 1.165) is 50.3 Å². The van der Waals surface area contributed by atoms with E-state index in [1.807, 2.05) is 9.80 Å². The van der Waals surface area contributed by atoms with Gasteiger partial charge in [0.25, 0.3) is 0 Å². The predicted molar refractivity (Wildman–Crippen MR) is 115 cm³/mol. The highest BCUT2D eigenvalue weighted by molar-refractivity contribution is 5.84. The first kappa shape index (κ1) is 21.1. The standard InChI is InChI=1S/C22H25F2N5O2/c1-15-25-19(21(29(30)31)22(26-15)28-11-3-2-4-12-28)14-20(27-9-5-6-10-27)17-13-16(23)7-8-18(17)24/h7-8,13-14H,2-6,9-12H2,1H3/b20-14-. The van der Waals surface area contributed by atoms with Crippen LogP contribution in [0.15, 0.2) is 18.2 Å². The molecule has 1 aromatic heterocycles. The van der Waals surface area contributed by atoms with Crippen LogP contribution in [0.25, 0.3) is 11.8 Å². The molecule has 0 atom stereocenters. The summed E-state index contributed by atoms with van der Waals surface area (Å²) in [5.74, 6) is -0.449. The molecule has 164 valence electrons. The Morgan fingerprint density at radius 2 is 1.74 bits per heavy atom. The van der Waals surface area contributed by atoms with Crippen molar-refractivity contribution >= 4 is 23.3 Å². The molecule has 0 spiro atoms. The first-order valence-electron chi connectivity index (χ1n) is 10.6. The van der Waals surface area contributed by atoms with Gasteiger partial charge in [-0.2, -0.15) is 0 Å². The summed E-state index contributed by atoms with van der Waals surface area (Å²) in [6, 6.07) is 3.27. The molecule has 0 aliphatic carbocycles. The van der Waals surface area contributed by atoms with Crippen molar-refractivity contribution < 1.29 is 13.7 Å². The summed E-state index contributed by atoms with van der Waals surface area (Å²) in [5.41, 5.74) is 0.400. The molecule has 2 aliphatic heterocycles. The molecule has 0 unspecified atom stereocenters. The van der Waals surface area contributed by atoms with Crippen LogP contribution in [-0.4, -0.2) is 46.0 Å². The Kier molecular flexibility index (Phi) is 6.11. The van der Waals surface area contributed by atoms with Gasteiger partial charge in [0.2, 0.25) is 5.82 Å². The summed E-state index contributed by atoms with van der Waals surface area (Å²) in [6.45, 7) is 4.40.